The average Bonchev–Trinajstić information content (AvgIpc) is 2.64. The van der Waals surface area contributed by atoms with Gasteiger partial charge in [-0.05, 0) is 19.3 Å². The molecule has 0 aromatic carbocycles. The highest BCUT2D eigenvalue weighted by Gasteiger charge is 2.41. The van der Waals surface area contributed by atoms with Crippen molar-refractivity contribution in [1.29, 1.82) is 5.41 Å². The summed E-state index contributed by atoms with van der Waals surface area (Å²) in [6, 6.07) is 0. The van der Waals surface area contributed by atoms with E-state index in [1.165, 1.54) is 19.3 Å². The summed E-state index contributed by atoms with van der Waals surface area (Å²) in [6.45, 7) is 4.64. The number of nitrogens with one attached hydrogen (secondary N) is 1. The molecule has 1 N–H and O–H groups in total. The smallest absolute Gasteiger partial charge is 0.177 e. The maximum Gasteiger partial charge on any atom is 0.177 e. The Balaban J connectivity index is 2.19. The third kappa shape index (κ3) is 1.72. The maximum absolute atomic E-state index is 7.05. The highest BCUT2D eigenvalue weighted by atomic mass is 16.5. The van der Waals surface area contributed by atoms with Crippen LogP contribution in [0.4, 0.5) is 0 Å². The van der Waals surface area contributed by atoms with Crippen molar-refractivity contribution in [3.05, 3.63) is 0 Å². The summed E-state index contributed by atoms with van der Waals surface area (Å²) in [5, 5.41) is 7.05. The van der Waals surface area contributed by atoms with Crippen LogP contribution in [0.2, 0.25) is 0 Å². The van der Waals surface area contributed by atoms with Crippen LogP contribution in [0, 0.1) is 10.8 Å². The van der Waals surface area contributed by atoms with E-state index in [0.717, 1.165) is 6.61 Å². The van der Waals surface area contributed by atoms with Crippen molar-refractivity contribution in [2.75, 3.05) is 6.61 Å². The molecule has 2 heteroatoms. The van der Waals surface area contributed by atoms with Crippen LogP contribution in [-0.2, 0) is 4.74 Å². The summed E-state index contributed by atoms with van der Waals surface area (Å²) >= 11 is 0. The third-order valence-electron chi connectivity index (χ3n) is 2.30. The zero-order valence-electron chi connectivity index (χ0n) is 6.74. The van der Waals surface area contributed by atoms with E-state index in [9.17, 15) is 0 Å². The molecule has 0 aromatic rings. The van der Waals surface area contributed by atoms with E-state index in [1.54, 1.807) is 6.92 Å². The van der Waals surface area contributed by atoms with Crippen molar-refractivity contribution >= 4 is 5.90 Å². The van der Waals surface area contributed by atoms with Gasteiger partial charge in [-0.3, -0.25) is 5.41 Å². The molecule has 1 saturated carbocycles. The molecule has 0 aromatic heterocycles. The van der Waals surface area contributed by atoms with Crippen LogP contribution in [0.15, 0.2) is 0 Å². The van der Waals surface area contributed by atoms with Crippen molar-refractivity contribution in [1.82, 2.24) is 0 Å². The van der Waals surface area contributed by atoms with E-state index in [-0.39, 0.29) is 0 Å². The summed E-state index contributed by atoms with van der Waals surface area (Å²) < 4.78 is 5.14. The number of hydrogen-bond donors (Lipinski definition) is 1. The minimum Gasteiger partial charge on any atom is -0.481 e. The van der Waals surface area contributed by atoms with E-state index in [0.29, 0.717) is 11.3 Å². The van der Waals surface area contributed by atoms with Crippen molar-refractivity contribution in [3.8, 4) is 0 Å². The first-order valence-electron chi connectivity index (χ1n) is 3.86. The van der Waals surface area contributed by atoms with Crippen LogP contribution < -0.4 is 0 Å². The lowest BCUT2D eigenvalue weighted by atomic mass is 10.1. The second-order valence-electron chi connectivity index (χ2n) is 3.20. The quantitative estimate of drug-likeness (QED) is 0.474. The van der Waals surface area contributed by atoms with E-state index < -0.39 is 0 Å². The van der Waals surface area contributed by atoms with Gasteiger partial charge in [0.15, 0.2) is 5.90 Å². The molecule has 1 fully saturated rings. The van der Waals surface area contributed by atoms with Gasteiger partial charge in [0.2, 0.25) is 0 Å². The fraction of sp³-hybridized carbons (Fsp3) is 0.875. The Morgan fingerprint density at radius 2 is 2.20 bits per heavy atom. The van der Waals surface area contributed by atoms with Gasteiger partial charge in [-0.2, -0.15) is 0 Å². The molecule has 58 valence electrons. The fourth-order valence-electron chi connectivity index (χ4n) is 1.04. The first-order chi connectivity index (χ1) is 4.68. The van der Waals surface area contributed by atoms with E-state index >= 15 is 0 Å². The molecule has 0 amide bonds. The Labute approximate surface area is 62.1 Å². The van der Waals surface area contributed by atoms with Crippen LogP contribution in [0.3, 0.4) is 0 Å². The molecule has 0 atom stereocenters. The van der Waals surface area contributed by atoms with Gasteiger partial charge in [0.25, 0.3) is 0 Å². The van der Waals surface area contributed by atoms with Crippen molar-refractivity contribution in [3.63, 3.8) is 0 Å². The number of hydrogen-bond acceptors (Lipinski definition) is 2. The molecule has 10 heavy (non-hydrogen) atoms. The van der Waals surface area contributed by atoms with Gasteiger partial charge in [-0.25, -0.2) is 0 Å². The first-order valence-corrected chi connectivity index (χ1v) is 3.86. The van der Waals surface area contributed by atoms with Crippen LogP contribution in [-0.4, -0.2) is 12.5 Å². The summed E-state index contributed by atoms with van der Waals surface area (Å²) in [5.74, 6) is 0.347. The standard InChI is InChI=1S/C8H15NO/c1-3-8(4-5-8)6-10-7(2)9/h9H,3-6H2,1-2H3. The van der Waals surface area contributed by atoms with Crippen LogP contribution in [0.5, 0.6) is 0 Å². The SMILES string of the molecule is CCC1(COC(C)=N)CC1. The minimum atomic E-state index is 0.347. The van der Waals surface area contributed by atoms with E-state index in [2.05, 4.69) is 6.92 Å². The lowest BCUT2D eigenvalue weighted by molar-refractivity contribution is 0.215. The first kappa shape index (κ1) is 7.58. The Bertz CT molecular complexity index is 138. The zero-order valence-corrected chi connectivity index (χ0v) is 6.74. The van der Waals surface area contributed by atoms with Gasteiger partial charge in [0, 0.05) is 12.3 Å². The molecule has 2 nitrogen and oxygen atoms in total. The maximum atomic E-state index is 7.05. The third-order valence-corrected chi connectivity index (χ3v) is 2.30. The van der Waals surface area contributed by atoms with E-state index in [4.69, 9.17) is 10.1 Å². The van der Waals surface area contributed by atoms with Gasteiger partial charge < -0.3 is 4.74 Å². The lowest BCUT2D eigenvalue weighted by Crippen LogP contribution is -2.11. The molecule has 0 spiro atoms. The Kier molecular flexibility index (Phi) is 1.97. The lowest BCUT2D eigenvalue weighted by Gasteiger charge is -2.11. The molecule has 0 bridgehead atoms. The Morgan fingerprint density at radius 1 is 1.60 bits per heavy atom. The van der Waals surface area contributed by atoms with Crippen molar-refractivity contribution < 1.29 is 4.74 Å². The topological polar surface area (TPSA) is 33.1 Å². The second kappa shape index (κ2) is 2.60. The molecule has 1 rings (SSSR count). The Hall–Kier alpha value is -0.530. The highest BCUT2D eigenvalue weighted by Crippen LogP contribution is 2.48. The Morgan fingerprint density at radius 3 is 2.50 bits per heavy atom. The molecular formula is C8H15NO. The van der Waals surface area contributed by atoms with Crippen LogP contribution >= 0.6 is 0 Å². The summed E-state index contributed by atoms with van der Waals surface area (Å²) in [5.41, 5.74) is 0.461. The molecule has 0 aliphatic heterocycles. The monoisotopic (exact) mass is 141 g/mol. The van der Waals surface area contributed by atoms with Crippen LogP contribution in [0.25, 0.3) is 0 Å². The van der Waals surface area contributed by atoms with Crippen LogP contribution in [0.1, 0.15) is 33.1 Å². The predicted molar refractivity (Wildman–Crippen MR) is 41.3 cm³/mol. The van der Waals surface area contributed by atoms with Gasteiger partial charge >= 0.3 is 0 Å². The van der Waals surface area contributed by atoms with Gasteiger partial charge in [-0.15, -0.1) is 0 Å². The zero-order chi connectivity index (χ0) is 7.61. The van der Waals surface area contributed by atoms with Crippen molar-refractivity contribution in [2.24, 2.45) is 5.41 Å². The molecule has 0 heterocycles. The predicted octanol–water partition coefficient (Wildman–Crippen LogP) is 2.19. The summed E-state index contributed by atoms with van der Waals surface area (Å²) in [6.07, 6.45) is 3.77. The minimum absolute atomic E-state index is 0.347. The second-order valence-corrected chi connectivity index (χ2v) is 3.20. The molecule has 0 unspecified atom stereocenters. The molecule has 0 saturated heterocycles. The van der Waals surface area contributed by atoms with E-state index in [1.807, 2.05) is 0 Å². The van der Waals surface area contributed by atoms with Gasteiger partial charge in [-0.1, -0.05) is 6.92 Å². The summed E-state index contributed by atoms with van der Waals surface area (Å²) in [7, 11) is 0. The molecular weight excluding hydrogens is 126 g/mol. The van der Waals surface area contributed by atoms with Gasteiger partial charge in [0.05, 0.1) is 6.61 Å². The van der Waals surface area contributed by atoms with Gasteiger partial charge in [0.1, 0.15) is 0 Å². The summed E-state index contributed by atoms with van der Waals surface area (Å²) in [4.78, 5) is 0. The normalized spacial score (nSPS) is 20.2. The fourth-order valence-corrected chi connectivity index (χ4v) is 1.04. The largest absolute Gasteiger partial charge is 0.481 e. The molecule has 1 aliphatic rings. The molecule has 0 radical (unpaired) electrons. The highest BCUT2D eigenvalue weighted by molar-refractivity contribution is 5.69. The molecule has 1 aliphatic carbocycles. The number of rotatable bonds is 3. The van der Waals surface area contributed by atoms with Crippen molar-refractivity contribution in [2.45, 2.75) is 33.1 Å². The number of ether oxygens (including phenoxy) is 1. The average molecular weight is 141 g/mol.